The summed E-state index contributed by atoms with van der Waals surface area (Å²) in [5, 5.41) is 17.3. The topological polar surface area (TPSA) is 83.0 Å². The van der Waals surface area contributed by atoms with Gasteiger partial charge in [-0.1, -0.05) is 50.2 Å². The predicted molar refractivity (Wildman–Crippen MR) is 148 cm³/mol. The lowest BCUT2D eigenvalue weighted by molar-refractivity contribution is -0.114. The second-order valence-electron chi connectivity index (χ2n) is 8.78. The first kappa shape index (κ1) is 24.1. The smallest absolute Gasteiger partial charge is 0.283 e. The number of amides is 1. The molecular weight excluding hydrogens is 470 g/mol. The van der Waals surface area contributed by atoms with E-state index in [1.54, 1.807) is 6.08 Å². The van der Waals surface area contributed by atoms with Crippen LogP contribution in [0, 0.1) is 11.3 Å². The van der Waals surface area contributed by atoms with Gasteiger partial charge in [0.2, 0.25) is 5.17 Å². The average Bonchev–Trinajstić information content (AvgIpc) is 3.47. The highest BCUT2D eigenvalue weighted by Gasteiger charge is 2.37. The van der Waals surface area contributed by atoms with E-state index >= 15 is 0 Å². The van der Waals surface area contributed by atoms with Gasteiger partial charge < -0.3 is 9.30 Å². The normalized spacial score (nSPS) is 16.6. The van der Waals surface area contributed by atoms with Crippen LogP contribution in [0.3, 0.4) is 0 Å². The van der Waals surface area contributed by atoms with Gasteiger partial charge >= 0.3 is 0 Å². The standard InChI is InChI=1S/C28H29N5O2S/c1-3-19(4-2)27-31-33-25(29)23(26(34)30-28(33)36-27)17-20-18-32(24-14-9-8-13-22(20)24)15-10-16-35-21-11-6-5-7-12-21/h5-9,11-14,17-19,29H,3-4,10,15-16H2,1-2H3. The first-order valence-corrected chi connectivity index (χ1v) is 13.2. The third kappa shape index (κ3) is 4.73. The molecular formula is C28H29N5O2S. The largest absolute Gasteiger partial charge is 0.494 e. The molecule has 3 heterocycles. The second-order valence-corrected chi connectivity index (χ2v) is 9.77. The number of thioether (sulfide) groups is 1. The number of carbonyl (C=O) groups is 1. The molecule has 0 spiro atoms. The highest BCUT2D eigenvalue weighted by atomic mass is 32.2. The van der Waals surface area contributed by atoms with Gasteiger partial charge in [0.25, 0.3) is 5.91 Å². The average molecular weight is 500 g/mol. The van der Waals surface area contributed by atoms with Gasteiger partial charge in [-0.2, -0.15) is 15.1 Å². The molecule has 2 aromatic carbocycles. The molecule has 7 nitrogen and oxygen atoms in total. The maximum atomic E-state index is 12.9. The molecule has 8 heteroatoms. The van der Waals surface area contributed by atoms with Gasteiger partial charge in [0, 0.05) is 35.1 Å². The maximum absolute atomic E-state index is 12.9. The van der Waals surface area contributed by atoms with Gasteiger partial charge in [-0.15, -0.1) is 0 Å². The monoisotopic (exact) mass is 499 g/mol. The number of para-hydroxylation sites is 2. The minimum atomic E-state index is -0.396. The van der Waals surface area contributed by atoms with Crippen LogP contribution in [-0.4, -0.2) is 38.1 Å². The summed E-state index contributed by atoms with van der Waals surface area (Å²) in [6.07, 6.45) is 6.58. The Morgan fingerprint density at radius 2 is 1.83 bits per heavy atom. The highest BCUT2D eigenvalue weighted by molar-refractivity contribution is 8.27. The number of nitrogens with zero attached hydrogens (tertiary/aromatic N) is 4. The molecule has 1 amide bonds. The molecule has 0 bridgehead atoms. The Labute approximate surface area is 215 Å². The lowest BCUT2D eigenvalue weighted by Gasteiger charge is -2.20. The number of aliphatic imine (C=N–C) groups is 1. The van der Waals surface area contributed by atoms with E-state index in [0.717, 1.165) is 53.1 Å². The summed E-state index contributed by atoms with van der Waals surface area (Å²) >= 11 is 1.40. The van der Waals surface area contributed by atoms with Gasteiger partial charge in [-0.3, -0.25) is 10.2 Å². The first-order chi connectivity index (χ1) is 17.6. The van der Waals surface area contributed by atoms with Crippen LogP contribution in [0.5, 0.6) is 5.75 Å². The molecule has 0 fully saturated rings. The van der Waals surface area contributed by atoms with Crippen LogP contribution >= 0.6 is 11.8 Å². The van der Waals surface area contributed by atoms with E-state index in [1.807, 2.05) is 54.7 Å². The van der Waals surface area contributed by atoms with Crippen molar-refractivity contribution in [3.63, 3.8) is 0 Å². The van der Waals surface area contributed by atoms with Crippen molar-refractivity contribution in [2.45, 2.75) is 39.7 Å². The van der Waals surface area contributed by atoms with Crippen molar-refractivity contribution in [3.8, 4) is 5.75 Å². The van der Waals surface area contributed by atoms with Gasteiger partial charge in [-0.05, 0) is 55.3 Å². The molecule has 1 N–H and O–H groups in total. The molecule has 1 aromatic heterocycles. The fourth-order valence-electron chi connectivity index (χ4n) is 4.48. The van der Waals surface area contributed by atoms with Gasteiger partial charge in [0.15, 0.2) is 5.84 Å². The van der Waals surface area contributed by atoms with Gasteiger partial charge in [0.1, 0.15) is 10.8 Å². The van der Waals surface area contributed by atoms with Crippen molar-refractivity contribution < 1.29 is 9.53 Å². The van der Waals surface area contributed by atoms with Crippen molar-refractivity contribution in [3.05, 3.63) is 71.9 Å². The summed E-state index contributed by atoms with van der Waals surface area (Å²) in [6, 6.07) is 17.9. The predicted octanol–water partition coefficient (Wildman–Crippen LogP) is 6.17. The van der Waals surface area contributed by atoms with Crippen LogP contribution < -0.4 is 4.74 Å². The van der Waals surface area contributed by atoms with Crippen LogP contribution in [0.25, 0.3) is 17.0 Å². The van der Waals surface area contributed by atoms with Crippen molar-refractivity contribution in [1.82, 2.24) is 9.58 Å². The Hall–Kier alpha value is -3.65. The van der Waals surface area contributed by atoms with Crippen molar-refractivity contribution in [2.24, 2.45) is 16.0 Å². The Balaban J connectivity index is 1.38. The van der Waals surface area contributed by atoms with E-state index in [9.17, 15) is 4.79 Å². The molecule has 0 saturated carbocycles. The summed E-state index contributed by atoms with van der Waals surface area (Å²) in [7, 11) is 0. The zero-order chi connectivity index (χ0) is 25.1. The fourth-order valence-corrected chi connectivity index (χ4v) is 5.64. The van der Waals surface area contributed by atoms with E-state index < -0.39 is 5.91 Å². The van der Waals surface area contributed by atoms with E-state index in [0.29, 0.717) is 17.7 Å². The molecule has 0 atom stereocenters. The number of carbonyl (C=O) groups excluding carboxylic acids is 1. The summed E-state index contributed by atoms with van der Waals surface area (Å²) < 4.78 is 8.02. The number of aryl methyl sites for hydroxylation is 1. The molecule has 0 saturated heterocycles. The maximum Gasteiger partial charge on any atom is 0.283 e. The SMILES string of the molecule is CCC(CC)C1=NN2C(=N)C(=Cc3cn(CCCOc4ccccc4)c4ccccc34)C(=O)N=C2S1. The summed E-state index contributed by atoms with van der Waals surface area (Å²) in [5.74, 6) is 0.853. The quantitative estimate of drug-likeness (QED) is 0.282. The zero-order valence-electron chi connectivity index (χ0n) is 20.5. The Morgan fingerprint density at radius 3 is 2.61 bits per heavy atom. The number of ether oxygens (including phenoxy) is 1. The number of aromatic nitrogens is 1. The third-order valence-electron chi connectivity index (χ3n) is 6.48. The van der Waals surface area contributed by atoms with Crippen LogP contribution in [0.15, 0.2) is 76.5 Å². The van der Waals surface area contributed by atoms with Gasteiger partial charge in [0.05, 0.1) is 12.2 Å². The molecule has 3 aromatic rings. The van der Waals surface area contributed by atoms with Gasteiger partial charge in [-0.25, -0.2) is 0 Å². The zero-order valence-corrected chi connectivity index (χ0v) is 21.3. The van der Waals surface area contributed by atoms with Crippen LogP contribution in [0.1, 0.15) is 38.7 Å². The van der Waals surface area contributed by atoms with Crippen LogP contribution in [-0.2, 0) is 11.3 Å². The van der Waals surface area contributed by atoms with Crippen LogP contribution in [0.2, 0.25) is 0 Å². The van der Waals surface area contributed by atoms with Crippen molar-refractivity contribution >= 4 is 50.7 Å². The lowest BCUT2D eigenvalue weighted by Crippen LogP contribution is -2.35. The van der Waals surface area contributed by atoms with Crippen molar-refractivity contribution in [2.75, 3.05) is 6.61 Å². The lowest BCUT2D eigenvalue weighted by atomic mass is 10.1. The number of hydrogen-bond acceptors (Lipinski definition) is 5. The van der Waals surface area contributed by atoms with E-state index in [2.05, 4.69) is 34.6 Å². The van der Waals surface area contributed by atoms with E-state index in [4.69, 9.17) is 10.1 Å². The number of benzene rings is 2. The molecule has 36 heavy (non-hydrogen) atoms. The number of nitrogens with one attached hydrogen (secondary N) is 1. The second kappa shape index (κ2) is 10.5. The molecule has 184 valence electrons. The number of amidine groups is 2. The molecule has 0 aliphatic carbocycles. The molecule has 0 radical (unpaired) electrons. The summed E-state index contributed by atoms with van der Waals surface area (Å²) in [4.78, 5) is 17.2. The number of rotatable bonds is 9. The van der Waals surface area contributed by atoms with E-state index in [-0.39, 0.29) is 11.4 Å². The Morgan fingerprint density at radius 1 is 1.08 bits per heavy atom. The fraction of sp³-hybridized carbons (Fsp3) is 0.286. The number of fused-ring (bicyclic) bond motifs is 2. The van der Waals surface area contributed by atoms with Crippen LogP contribution in [0.4, 0.5) is 0 Å². The first-order valence-electron chi connectivity index (χ1n) is 12.3. The minimum Gasteiger partial charge on any atom is -0.494 e. The minimum absolute atomic E-state index is 0.0755. The molecule has 2 aliphatic rings. The molecule has 0 unspecified atom stereocenters. The Bertz CT molecular complexity index is 1390. The third-order valence-corrected chi connectivity index (χ3v) is 7.55. The summed E-state index contributed by atoms with van der Waals surface area (Å²) in [6.45, 7) is 5.64. The van der Waals surface area contributed by atoms with E-state index in [1.165, 1.54) is 16.8 Å². The molecule has 2 aliphatic heterocycles. The number of hydrazone groups is 1. The highest BCUT2D eigenvalue weighted by Crippen LogP contribution is 2.33. The molecule has 5 rings (SSSR count). The number of hydrogen-bond donors (Lipinski definition) is 1. The van der Waals surface area contributed by atoms with Crippen molar-refractivity contribution in [1.29, 1.82) is 5.41 Å². The summed E-state index contributed by atoms with van der Waals surface area (Å²) in [5.41, 5.74) is 2.22. The Kier molecular flexibility index (Phi) is 7.04.